The van der Waals surface area contributed by atoms with Crippen molar-refractivity contribution in [1.29, 1.82) is 0 Å². The third kappa shape index (κ3) is 3.21. The molecule has 0 aliphatic carbocycles. The second-order valence-electron chi connectivity index (χ2n) is 4.79. The zero-order chi connectivity index (χ0) is 14.7. The fourth-order valence-electron chi connectivity index (χ4n) is 2.11. The zero-order valence-electron chi connectivity index (χ0n) is 11.3. The summed E-state index contributed by atoms with van der Waals surface area (Å²) in [5.74, 6) is 1.37. The lowest BCUT2D eigenvalue weighted by molar-refractivity contribution is 0.426. The van der Waals surface area contributed by atoms with Crippen molar-refractivity contribution in [1.82, 2.24) is 4.98 Å². The number of benzene rings is 2. The van der Waals surface area contributed by atoms with E-state index in [2.05, 4.69) is 4.98 Å². The Morgan fingerprint density at radius 1 is 0.952 bits per heavy atom. The monoisotopic (exact) mass is 279 g/mol. The van der Waals surface area contributed by atoms with Crippen LogP contribution in [0.25, 0.3) is 11.5 Å². The second kappa shape index (κ2) is 5.95. The van der Waals surface area contributed by atoms with Crippen LogP contribution in [0, 0.1) is 0 Å². The first kappa shape index (κ1) is 13.6. The third-order valence-corrected chi connectivity index (χ3v) is 3.23. The van der Waals surface area contributed by atoms with Gasteiger partial charge in [-0.05, 0) is 23.2 Å². The first-order chi connectivity index (χ1) is 10.2. The molecule has 4 nitrogen and oxygen atoms in total. The summed E-state index contributed by atoms with van der Waals surface area (Å²) in [5.41, 5.74) is 2.44. The minimum Gasteiger partial charge on any atom is -0.441 e. The Balaban J connectivity index is 1.75. The van der Waals surface area contributed by atoms with Gasteiger partial charge in [0.2, 0.25) is 5.89 Å². The molecule has 1 aromatic heterocycles. The van der Waals surface area contributed by atoms with Crippen LogP contribution in [0.2, 0.25) is 0 Å². The molecule has 0 aliphatic rings. The van der Waals surface area contributed by atoms with Gasteiger partial charge in [0.05, 0.1) is 6.20 Å². The van der Waals surface area contributed by atoms with E-state index in [1.165, 1.54) is 0 Å². The quantitative estimate of drug-likeness (QED) is 0.712. The minimum absolute atomic E-state index is 0.473. The molecule has 0 bridgehead atoms. The summed E-state index contributed by atoms with van der Waals surface area (Å²) in [6.07, 6.45) is 2.33. The number of oxazole rings is 1. The Hall–Kier alpha value is -2.37. The lowest BCUT2D eigenvalue weighted by Crippen LogP contribution is -2.29. The van der Waals surface area contributed by atoms with Crippen molar-refractivity contribution in [3.63, 3.8) is 0 Å². The molecule has 0 unspecified atom stereocenters. The maximum Gasteiger partial charge on any atom is 0.488 e. The Bertz CT molecular complexity index is 708. The highest BCUT2D eigenvalue weighted by molar-refractivity contribution is 6.58. The fraction of sp³-hybridized carbons (Fsp3) is 0.0625. The number of aromatic nitrogens is 1. The molecule has 5 heteroatoms. The van der Waals surface area contributed by atoms with Crippen LogP contribution in [0.4, 0.5) is 0 Å². The molecular weight excluding hydrogens is 265 g/mol. The van der Waals surface area contributed by atoms with Crippen molar-refractivity contribution in [2.75, 3.05) is 0 Å². The lowest BCUT2D eigenvalue weighted by atomic mass is 9.80. The topological polar surface area (TPSA) is 66.5 Å². The fourth-order valence-corrected chi connectivity index (χ4v) is 2.11. The molecule has 0 saturated carbocycles. The normalized spacial score (nSPS) is 10.6. The summed E-state index contributed by atoms with van der Waals surface area (Å²) in [7, 11) is -1.44. The van der Waals surface area contributed by atoms with Gasteiger partial charge in [-0.1, -0.05) is 42.5 Å². The van der Waals surface area contributed by atoms with E-state index in [0.717, 1.165) is 16.9 Å². The van der Waals surface area contributed by atoms with E-state index in [1.54, 1.807) is 18.3 Å². The minimum atomic E-state index is -1.44. The summed E-state index contributed by atoms with van der Waals surface area (Å²) in [6, 6.07) is 16.8. The van der Waals surface area contributed by atoms with Gasteiger partial charge in [0, 0.05) is 12.0 Å². The predicted octanol–water partition coefficient (Wildman–Crippen LogP) is 1.61. The highest BCUT2D eigenvalue weighted by Crippen LogP contribution is 2.20. The highest BCUT2D eigenvalue weighted by Gasteiger charge is 2.11. The molecule has 3 aromatic rings. The Kier molecular flexibility index (Phi) is 3.86. The van der Waals surface area contributed by atoms with E-state index >= 15 is 0 Å². The molecule has 21 heavy (non-hydrogen) atoms. The van der Waals surface area contributed by atoms with E-state index in [-0.39, 0.29) is 0 Å². The van der Waals surface area contributed by atoms with Crippen LogP contribution in [0.3, 0.4) is 0 Å². The maximum absolute atomic E-state index is 9.06. The van der Waals surface area contributed by atoms with E-state index in [9.17, 15) is 0 Å². The molecular formula is C16H14BNO3. The molecule has 2 aromatic carbocycles. The first-order valence-electron chi connectivity index (χ1n) is 6.67. The average molecular weight is 279 g/mol. The van der Waals surface area contributed by atoms with Gasteiger partial charge in [-0.2, -0.15) is 0 Å². The van der Waals surface area contributed by atoms with E-state index in [1.807, 2.05) is 42.5 Å². The Labute approximate surface area is 122 Å². The largest absolute Gasteiger partial charge is 0.488 e. The second-order valence-corrected chi connectivity index (χ2v) is 4.79. The predicted molar refractivity (Wildman–Crippen MR) is 81.0 cm³/mol. The summed E-state index contributed by atoms with van der Waals surface area (Å²) in [4.78, 5) is 4.28. The maximum atomic E-state index is 9.06. The Morgan fingerprint density at radius 2 is 1.67 bits per heavy atom. The molecule has 3 rings (SSSR count). The zero-order valence-corrected chi connectivity index (χ0v) is 11.3. The SMILES string of the molecule is OB(O)c1ccc(Cc2cnc(-c3ccccc3)o2)cc1. The summed E-state index contributed by atoms with van der Waals surface area (Å²) < 4.78 is 5.74. The molecule has 0 radical (unpaired) electrons. The number of rotatable bonds is 4. The Morgan fingerprint density at radius 3 is 2.33 bits per heavy atom. The van der Waals surface area contributed by atoms with Gasteiger partial charge in [-0.3, -0.25) is 0 Å². The highest BCUT2D eigenvalue weighted by atomic mass is 16.4. The summed E-state index contributed by atoms with van der Waals surface area (Å²) >= 11 is 0. The third-order valence-electron chi connectivity index (χ3n) is 3.23. The van der Waals surface area contributed by atoms with Crippen LogP contribution in [0.5, 0.6) is 0 Å². The summed E-state index contributed by atoms with van der Waals surface area (Å²) in [5, 5.41) is 18.1. The van der Waals surface area contributed by atoms with Crippen molar-refractivity contribution in [2.24, 2.45) is 0 Å². The van der Waals surface area contributed by atoms with E-state index in [4.69, 9.17) is 14.5 Å². The molecule has 0 aliphatic heterocycles. The van der Waals surface area contributed by atoms with E-state index in [0.29, 0.717) is 17.8 Å². The van der Waals surface area contributed by atoms with Crippen LogP contribution >= 0.6 is 0 Å². The van der Waals surface area contributed by atoms with Crippen molar-refractivity contribution < 1.29 is 14.5 Å². The van der Waals surface area contributed by atoms with Crippen LogP contribution in [-0.4, -0.2) is 22.2 Å². The molecule has 0 saturated heterocycles. The molecule has 0 amide bonds. The van der Waals surface area contributed by atoms with Gasteiger partial charge in [0.1, 0.15) is 5.76 Å². The number of hydrogen-bond donors (Lipinski definition) is 2. The molecule has 0 spiro atoms. The molecule has 1 heterocycles. The van der Waals surface area contributed by atoms with Crippen LogP contribution in [0.15, 0.2) is 65.2 Å². The lowest BCUT2D eigenvalue weighted by Gasteiger charge is -2.01. The van der Waals surface area contributed by atoms with Crippen LogP contribution in [-0.2, 0) is 6.42 Å². The van der Waals surface area contributed by atoms with Crippen molar-refractivity contribution >= 4 is 12.6 Å². The van der Waals surface area contributed by atoms with Crippen molar-refractivity contribution in [3.8, 4) is 11.5 Å². The number of nitrogens with zero attached hydrogens (tertiary/aromatic N) is 1. The van der Waals surface area contributed by atoms with Gasteiger partial charge in [0.25, 0.3) is 0 Å². The molecule has 104 valence electrons. The van der Waals surface area contributed by atoms with Gasteiger partial charge < -0.3 is 14.5 Å². The van der Waals surface area contributed by atoms with Crippen LogP contribution in [0.1, 0.15) is 11.3 Å². The molecule has 0 fully saturated rings. The summed E-state index contributed by atoms with van der Waals surface area (Å²) in [6.45, 7) is 0. The first-order valence-corrected chi connectivity index (χ1v) is 6.67. The van der Waals surface area contributed by atoms with Gasteiger partial charge >= 0.3 is 7.12 Å². The van der Waals surface area contributed by atoms with Crippen LogP contribution < -0.4 is 5.46 Å². The molecule has 2 N–H and O–H groups in total. The van der Waals surface area contributed by atoms with Crippen molar-refractivity contribution in [2.45, 2.75) is 6.42 Å². The average Bonchev–Trinajstić information content (AvgIpc) is 2.97. The number of hydrogen-bond acceptors (Lipinski definition) is 4. The smallest absolute Gasteiger partial charge is 0.441 e. The van der Waals surface area contributed by atoms with Gasteiger partial charge in [-0.25, -0.2) is 4.98 Å². The standard InChI is InChI=1S/C16H14BNO3/c19-17(20)14-8-6-12(7-9-14)10-15-11-18-16(21-15)13-4-2-1-3-5-13/h1-9,11,19-20H,10H2. The van der Waals surface area contributed by atoms with Gasteiger partial charge in [-0.15, -0.1) is 0 Å². The van der Waals surface area contributed by atoms with Crippen molar-refractivity contribution in [3.05, 3.63) is 72.1 Å². The van der Waals surface area contributed by atoms with E-state index < -0.39 is 7.12 Å². The molecule has 0 atom stereocenters. The van der Waals surface area contributed by atoms with Gasteiger partial charge in [0.15, 0.2) is 0 Å².